The summed E-state index contributed by atoms with van der Waals surface area (Å²) >= 11 is 0. The lowest BCUT2D eigenvalue weighted by atomic mass is 9.73. The zero-order valence-corrected chi connectivity index (χ0v) is 13.5. The van der Waals surface area contributed by atoms with Crippen LogP contribution in [0, 0.1) is 5.92 Å². The summed E-state index contributed by atoms with van der Waals surface area (Å²) in [5.41, 5.74) is 0.478. The SMILES string of the molecule is [2H]C([2H])=C([C@H]1CCC(C([2H])([2H])[2H])=C[C@@H]1c1c(O)cc(CCCCC)cc1O)C([2H])([2H])[2H]. The van der Waals surface area contributed by atoms with Crippen molar-refractivity contribution in [3.63, 3.8) is 0 Å². The molecule has 0 radical (unpaired) electrons. The summed E-state index contributed by atoms with van der Waals surface area (Å²) in [4.78, 5) is 0. The van der Waals surface area contributed by atoms with E-state index in [-0.39, 0.29) is 35.5 Å². The maximum Gasteiger partial charge on any atom is 0.123 e. The number of unbranched alkanes of at least 4 members (excludes halogenated alkanes) is 2. The first-order chi connectivity index (χ1) is 14.3. The molecule has 1 aliphatic rings. The molecule has 1 aliphatic carbocycles. The maximum atomic E-state index is 10.7. The van der Waals surface area contributed by atoms with Crippen molar-refractivity contribution < 1.29 is 21.2 Å². The first-order valence-electron chi connectivity index (χ1n) is 12.2. The highest BCUT2D eigenvalue weighted by atomic mass is 16.3. The Morgan fingerprint density at radius 3 is 2.74 bits per heavy atom. The van der Waals surface area contributed by atoms with Gasteiger partial charge in [0.2, 0.25) is 0 Å². The highest BCUT2D eigenvalue weighted by molar-refractivity contribution is 5.51. The number of hydrogen-bond acceptors (Lipinski definition) is 2. The lowest BCUT2D eigenvalue weighted by Crippen LogP contribution is -2.17. The molecular weight excluding hydrogens is 284 g/mol. The third-order valence-corrected chi connectivity index (χ3v) is 4.51. The molecule has 0 saturated carbocycles. The molecule has 2 atom stereocenters. The van der Waals surface area contributed by atoms with Crippen molar-refractivity contribution in [3.05, 3.63) is 47.0 Å². The van der Waals surface area contributed by atoms with Crippen LogP contribution in [0.2, 0.25) is 0 Å². The third kappa shape index (κ3) is 4.19. The highest BCUT2D eigenvalue weighted by Gasteiger charge is 2.29. The summed E-state index contributed by atoms with van der Waals surface area (Å²) < 4.78 is 62.0. The van der Waals surface area contributed by atoms with Gasteiger partial charge in [-0.05, 0) is 63.0 Å². The Hall–Kier alpha value is -1.70. The van der Waals surface area contributed by atoms with Gasteiger partial charge in [-0.2, -0.15) is 0 Å². The number of hydrogen-bond donors (Lipinski definition) is 2. The molecule has 0 aliphatic heterocycles. The first-order valence-corrected chi connectivity index (χ1v) is 8.21. The molecule has 23 heavy (non-hydrogen) atoms. The predicted molar refractivity (Wildman–Crippen MR) is 97.0 cm³/mol. The summed E-state index contributed by atoms with van der Waals surface area (Å²) in [5, 5.41) is 21.5. The minimum Gasteiger partial charge on any atom is -0.507 e. The van der Waals surface area contributed by atoms with Crippen LogP contribution in [0.4, 0.5) is 0 Å². The van der Waals surface area contributed by atoms with E-state index in [1.165, 1.54) is 18.2 Å². The molecule has 0 fully saturated rings. The number of phenols is 2. The van der Waals surface area contributed by atoms with E-state index < -0.39 is 37.6 Å². The largest absolute Gasteiger partial charge is 0.507 e. The van der Waals surface area contributed by atoms with Crippen LogP contribution in [-0.2, 0) is 6.42 Å². The second-order valence-electron chi connectivity index (χ2n) is 6.28. The Morgan fingerprint density at radius 1 is 1.35 bits per heavy atom. The van der Waals surface area contributed by atoms with Crippen LogP contribution >= 0.6 is 0 Å². The van der Waals surface area contributed by atoms with Gasteiger partial charge in [-0.15, -0.1) is 0 Å². The lowest BCUT2D eigenvalue weighted by molar-refractivity contribution is 0.406. The summed E-state index contributed by atoms with van der Waals surface area (Å²) in [6.45, 7) is -3.91. The van der Waals surface area contributed by atoms with E-state index >= 15 is 0 Å². The van der Waals surface area contributed by atoms with Gasteiger partial charge in [0, 0.05) is 19.7 Å². The molecule has 126 valence electrons. The average Bonchev–Trinajstić information content (AvgIpc) is 2.60. The van der Waals surface area contributed by atoms with E-state index in [0.717, 1.165) is 24.8 Å². The fourth-order valence-electron chi connectivity index (χ4n) is 3.26. The monoisotopic (exact) mass is 322 g/mol. The predicted octanol–water partition coefficient (Wildman–Crippen LogP) is 5.85. The van der Waals surface area contributed by atoms with Crippen molar-refractivity contribution in [1.82, 2.24) is 0 Å². The number of allylic oxidation sites excluding steroid dienone is 3. The highest BCUT2D eigenvalue weighted by Crippen LogP contribution is 2.46. The molecule has 2 heteroatoms. The molecule has 0 aromatic heterocycles. The molecule has 2 nitrogen and oxygen atoms in total. The van der Waals surface area contributed by atoms with E-state index in [2.05, 4.69) is 6.92 Å². The molecule has 2 rings (SSSR count). The molecule has 0 amide bonds. The van der Waals surface area contributed by atoms with E-state index in [0.29, 0.717) is 6.42 Å². The van der Waals surface area contributed by atoms with Crippen LogP contribution in [-0.4, -0.2) is 10.2 Å². The number of aromatic hydroxyl groups is 2. The second-order valence-corrected chi connectivity index (χ2v) is 6.28. The van der Waals surface area contributed by atoms with Crippen LogP contribution in [0.3, 0.4) is 0 Å². The quantitative estimate of drug-likeness (QED) is 0.509. The first kappa shape index (κ1) is 9.56. The Labute approximate surface area is 151 Å². The Morgan fingerprint density at radius 2 is 2.13 bits per heavy atom. The van der Waals surface area contributed by atoms with E-state index in [1.807, 2.05) is 0 Å². The Kier molecular flexibility index (Phi) is 3.21. The van der Waals surface area contributed by atoms with E-state index in [4.69, 9.17) is 11.0 Å². The van der Waals surface area contributed by atoms with Crippen molar-refractivity contribution in [2.45, 2.75) is 65.1 Å². The topological polar surface area (TPSA) is 40.5 Å². The normalized spacial score (nSPS) is 27.1. The molecule has 0 spiro atoms. The van der Waals surface area contributed by atoms with Crippen LogP contribution in [0.5, 0.6) is 11.5 Å². The van der Waals surface area contributed by atoms with Crippen molar-refractivity contribution in [1.29, 1.82) is 0 Å². The Bertz CT molecular complexity index is 825. The van der Waals surface area contributed by atoms with Crippen molar-refractivity contribution in [2.75, 3.05) is 0 Å². The lowest BCUT2D eigenvalue weighted by Gasteiger charge is -2.31. The average molecular weight is 323 g/mol. The van der Waals surface area contributed by atoms with Crippen molar-refractivity contribution in [3.8, 4) is 11.5 Å². The van der Waals surface area contributed by atoms with Gasteiger partial charge in [0.15, 0.2) is 0 Å². The smallest absolute Gasteiger partial charge is 0.123 e. The van der Waals surface area contributed by atoms with Crippen LogP contribution < -0.4 is 0 Å². The van der Waals surface area contributed by atoms with Crippen molar-refractivity contribution >= 4 is 0 Å². The summed E-state index contributed by atoms with van der Waals surface area (Å²) in [7, 11) is 0. The third-order valence-electron chi connectivity index (χ3n) is 4.51. The molecule has 0 saturated heterocycles. The number of benzene rings is 1. The van der Waals surface area contributed by atoms with E-state index in [1.54, 1.807) is 0 Å². The number of rotatable bonds is 6. The molecule has 2 N–H and O–H groups in total. The minimum atomic E-state index is -2.72. The fraction of sp³-hybridized carbons (Fsp3) is 0.524. The standard InChI is InChI=1S/C21H30O2/c1-5-6-7-8-16-12-19(22)21(20(23)13-16)18-11-15(4)9-10-17(18)14(2)3/h11-13,17-18,22-23H,2,5-10H2,1,3-4H3/t17-,18+/m1/s1/i2D2,3D3,4D3. The molecule has 0 heterocycles. The zero-order chi connectivity index (χ0) is 23.6. The van der Waals surface area contributed by atoms with Gasteiger partial charge in [0.05, 0.1) is 2.74 Å². The number of phenolic OH excluding ortho intramolecular Hbond substituents is 2. The van der Waals surface area contributed by atoms with Gasteiger partial charge in [-0.25, -0.2) is 0 Å². The van der Waals surface area contributed by atoms with Gasteiger partial charge < -0.3 is 10.2 Å². The van der Waals surface area contributed by atoms with Gasteiger partial charge in [0.1, 0.15) is 11.5 Å². The van der Waals surface area contributed by atoms with Crippen LogP contribution in [0.15, 0.2) is 35.9 Å². The van der Waals surface area contributed by atoms with Crippen molar-refractivity contribution in [2.24, 2.45) is 5.92 Å². The van der Waals surface area contributed by atoms with Gasteiger partial charge in [-0.1, -0.05) is 43.5 Å². The van der Waals surface area contributed by atoms with Crippen LogP contribution in [0.25, 0.3) is 0 Å². The van der Waals surface area contributed by atoms with Crippen LogP contribution in [0.1, 0.15) is 80.7 Å². The number of aryl methyl sites for hydroxylation is 1. The minimum absolute atomic E-state index is 0.0358. The fourth-order valence-corrected chi connectivity index (χ4v) is 3.26. The molecule has 1 aromatic rings. The Balaban J connectivity index is 2.61. The molecule has 1 aromatic carbocycles. The second kappa shape index (κ2) is 7.72. The van der Waals surface area contributed by atoms with Gasteiger partial charge in [0.25, 0.3) is 0 Å². The molecular formula is C21H30O2. The van der Waals surface area contributed by atoms with Gasteiger partial charge >= 0.3 is 0 Å². The maximum absolute atomic E-state index is 10.7. The summed E-state index contributed by atoms with van der Waals surface area (Å²) in [6.07, 6.45) is 5.11. The van der Waals surface area contributed by atoms with E-state index in [9.17, 15) is 10.2 Å². The molecule has 0 bridgehead atoms. The summed E-state index contributed by atoms with van der Waals surface area (Å²) in [6, 6.07) is 3.03. The zero-order valence-electron chi connectivity index (χ0n) is 21.5. The van der Waals surface area contributed by atoms with Gasteiger partial charge in [-0.3, -0.25) is 0 Å². The molecule has 0 unspecified atom stereocenters. The summed E-state index contributed by atoms with van der Waals surface area (Å²) in [5.74, 6) is -2.38.